The monoisotopic (exact) mass is 234 g/mol. The molecule has 17 heavy (non-hydrogen) atoms. The van der Waals surface area contributed by atoms with Crippen LogP contribution in [0.1, 0.15) is 48.6 Å². The fourth-order valence-electron chi connectivity index (χ4n) is 2.22. The lowest BCUT2D eigenvalue weighted by Crippen LogP contribution is -2.16. The van der Waals surface area contributed by atoms with Gasteiger partial charge in [-0.05, 0) is 27.7 Å². The second-order valence-electron chi connectivity index (χ2n) is 4.43. The van der Waals surface area contributed by atoms with E-state index >= 15 is 0 Å². The number of hydrogen-bond acceptors (Lipinski definition) is 4. The fourth-order valence-corrected chi connectivity index (χ4v) is 2.22. The predicted octanol–water partition coefficient (Wildman–Crippen LogP) is 2.12. The second kappa shape index (κ2) is 4.33. The van der Waals surface area contributed by atoms with Gasteiger partial charge in [-0.15, -0.1) is 0 Å². The quantitative estimate of drug-likeness (QED) is 0.883. The van der Waals surface area contributed by atoms with Gasteiger partial charge in [0, 0.05) is 17.8 Å². The maximum Gasteiger partial charge on any atom is 0.139 e. The molecule has 92 valence electrons. The highest BCUT2D eigenvalue weighted by atomic mass is 16.5. The van der Waals surface area contributed by atoms with Crippen molar-refractivity contribution in [2.45, 2.75) is 39.8 Å². The van der Waals surface area contributed by atoms with Gasteiger partial charge in [0.1, 0.15) is 5.76 Å². The fraction of sp³-hybridized carbons (Fsp3) is 0.500. The average molecular weight is 234 g/mol. The molecule has 2 heterocycles. The molecular formula is C12H18N4O. The molecule has 0 spiro atoms. The minimum absolute atomic E-state index is 0.0413. The van der Waals surface area contributed by atoms with Crippen LogP contribution in [0.15, 0.2) is 17.0 Å². The zero-order chi connectivity index (χ0) is 12.6. The van der Waals surface area contributed by atoms with Crippen molar-refractivity contribution in [3.63, 3.8) is 0 Å². The van der Waals surface area contributed by atoms with Crippen molar-refractivity contribution < 1.29 is 4.52 Å². The Bertz CT molecular complexity index is 493. The van der Waals surface area contributed by atoms with Crippen molar-refractivity contribution in [3.8, 4) is 0 Å². The van der Waals surface area contributed by atoms with Crippen LogP contribution < -0.4 is 5.73 Å². The Hall–Kier alpha value is -1.62. The zero-order valence-electron chi connectivity index (χ0n) is 10.6. The largest absolute Gasteiger partial charge is 0.361 e. The van der Waals surface area contributed by atoms with Crippen LogP contribution >= 0.6 is 0 Å². The van der Waals surface area contributed by atoms with E-state index in [1.807, 2.05) is 20.8 Å². The molecular weight excluding hydrogens is 216 g/mol. The predicted molar refractivity (Wildman–Crippen MR) is 64.6 cm³/mol. The smallest absolute Gasteiger partial charge is 0.139 e. The third-order valence-electron chi connectivity index (χ3n) is 3.09. The molecule has 0 amide bonds. The van der Waals surface area contributed by atoms with Crippen molar-refractivity contribution in [2.24, 2.45) is 5.73 Å². The normalized spacial score (nSPS) is 14.9. The summed E-state index contributed by atoms with van der Waals surface area (Å²) >= 11 is 0. The summed E-state index contributed by atoms with van der Waals surface area (Å²) in [7, 11) is 0. The zero-order valence-corrected chi connectivity index (χ0v) is 10.6. The van der Waals surface area contributed by atoms with Crippen LogP contribution in [0.5, 0.6) is 0 Å². The molecule has 0 radical (unpaired) electrons. The summed E-state index contributed by atoms with van der Waals surface area (Å²) in [5.74, 6) is 0.847. The molecule has 5 nitrogen and oxygen atoms in total. The molecule has 0 aliphatic heterocycles. The van der Waals surface area contributed by atoms with Crippen LogP contribution in [0.4, 0.5) is 0 Å². The van der Waals surface area contributed by atoms with Gasteiger partial charge in [0.15, 0.2) is 0 Å². The Morgan fingerprint density at radius 2 is 2.06 bits per heavy atom. The van der Waals surface area contributed by atoms with E-state index in [9.17, 15) is 0 Å². The molecule has 0 fully saturated rings. The van der Waals surface area contributed by atoms with Crippen molar-refractivity contribution in [1.29, 1.82) is 0 Å². The summed E-state index contributed by atoms with van der Waals surface area (Å²) in [6, 6.07) is 0.0881. The minimum Gasteiger partial charge on any atom is -0.361 e. The summed E-state index contributed by atoms with van der Waals surface area (Å²) in [4.78, 5) is 4.17. The summed E-state index contributed by atoms with van der Waals surface area (Å²) in [6.07, 6.45) is 3.61. The summed E-state index contributed by atoms with van der Waals surface area (Å²) < 4.78 is 7.27. The van der Waals surface area contributed by atoms with E-state index in [0.29, 0.717) is 0 Å². The van der Waals surface area contributed by atoms with Crippen LogP contribution in [-0.2, 0) is 0 Å². The van der Waals surface area contributed by atoms with Crippen molar-refractivity contribution >= 4 is 0 Å². The molecule has 0 aliphatic carbocycles. The van der Waals surface area contributed by atoms with Crippen LogP contribution in [0, 0.1) is 13.8 Å². The number of nitrogens with two attached hydrogens (primary N) is 1. The van der Waals surface area contributed by atoms with E-state index in [2.05, 4.69) is 21.6 Å². The van der Waals surface area contributed by atoms with Gasteiger partial charge >= 0.3 is 0 Å². The molecule has 0 aromatic carbocycles. The summed E-state index contributed by atoms with van der Waals surface area (Å²) in [6.45, 7) is 7.92. The lowest BCUT2D eigenvalue weighted by molar-refractivity contribution is 0.390. The molecule has 2 N–H and O–H groups in total. The Kier molecular flexibility index (Phi) is 3.02. The Morgan fingerprint density at radius 1 is 1.35 bits per heavy atom. The first-order chi connectivity index (χ1) is 8.02. The van der Waals surface area contributed by atoms with Gasteiger partial charge in [0.05, 0.1) is 23.8 Å². The van der Waals surface area contributed by atoms with Gasteiger partial charge in [-0.1, -0.05) is 5.16 Å². The third-order valence-corrected chi connectivity index (χ3v) is 3.09. The van der Waals surface area contributed by atoms with Gasteiger partial charge in [0.25, 0.3) is 0 Å². The molecule has 2 atom stereocenters. The van der Waals surface area contributed by atoms with Crippen molar-refractivity contribution in [1.82, 2.24) is 14.7 Å². The van der Waals surface area contributed by atoms with E-state index in [1.165, 1.54) is 0 Å². The summed E-state index contributed by atoms with van der Waals surface area (Å²) in [5.41, 5.74) is 8.96. The maximum atomic E-state index is 5.93. The average Bonchev–Trinajstić information content (AvgIpc) is 2.85. The number of aromatic nitrogens is 3. The van der Waals surface area contributed by atoms with Gasteiger partial charge in [-0.3, -0.25) is 0 Å². The lowest BCUT2D eigenvalue weighted by Gasteiger charge is -2.18. The molecule has 2 rings (SSSR count). The topological polar surface area (TPSA) is 69.9 Å². The Balaban J connectivity index is 2.44. The van der Waals surface area contributed by atoms with Crippen LogP contribution in [-0.4, -0.2) is 14.7 Å². The maximum absolute atomic E-state index is 5.93. The molecule has 0 saturated heterocycles. The number of hydrogen-bond donors (Lipinski definition) is 1. The van der Waals surface area contributed by atoms with Gasteiger partial charge in [0.2, 0.25) is 0 Å². The van der Waals surface area contributed by atoms with E-state index in [-0.39, 0.29) is 12.1 Å². The number of nitrogens with zero attached hydrogens (tertiary/aromatic N) is 3. The third kappa shape index (κ3) is 1.98. The minimum atomic E-state index is -0.0413. The van der Waals surface area contributed by atoms with E-state index in [0.717, 1.165) is 22.7 Å². The van der Waals surface area contributed by atoms with Crippen molar-refractivity contribution in [2.75, 3.05) is 0 Å². The SMILES string of the molecule is Cc1noc(C)c1C(C)n1cncc1[C@H](C)N. The highest BCUT2D eigenvalue weighted by Crippen LogP contribution is 2.27. The van der Waals surface area contributed by atoms with E-state index in [1.54, 1.807) is 12.5 Å². The first kappa shape index (κ1) is 11.9. The molecule has 2 aromatic rings. The first-order valence-electron chi connectivity index (χ1n) is 5.72. The van der Waals surface area contributed by atoms with Crippen LogP contribution in [0.2, 0.25) is 0 Å². The molecule has 0 saturated carbocycles. The lowest BCUT2D eigenvalue weighted by atomic mass is 10.1. The van der Waals surface area contributed by atoms with Gasteiger partial charge < -0.3 is 14.8 Å². The number of rotatable bonds is 3. The highest BCUT2D eigenvalue weighted by Gasteiger charge is 2.20. The van der Waals surface area contributed by atoms with Gasteiger partial charge in [-0.25, -0.2) is 4.98 Å². The van der Waals surface area contributed by atoms with Crippen molar-refractivity contribution in [3.05, 3.63) is 35.2 Å². The number of aryl methyl sites for hydroxylation is 2. The standard InChI is InChI=1S/C12H18N4O/c1-7(13)11-5-14-6-16(11)9(3)12-8(2)15-17-10(12)4/h5-7,9H,13H2,1-4H3/t7-,9?/m0/s1. The number of imidazole rings is 1. The van der Waals surface area contributed by atoms with Gasteiger partial charge in [-0.2, -0.15) is 0 Å². The van der Waals surface area contributed by atoms with Crippen LogP contribution in [0.3, 0.4) is 0 Å². The Labute approximate surface area is 101 Å². The molecule has 0 bridgehead atoms. The van der Waals surface area contributed by atoms with E-state index < -0.39 is 0 Å². The Morgan fingerprint density at radius 3 is 2.59 bits per heavy atom. The summed E-state index contributed by atoms with van der Waals surface area (Å²) in [5, 5.41) is 3.98. The second-order valence-corrected chi connectivity index (χ2v) is 4.43. The molecule has 1 unspecified atom stereocenters. The first-order valence-corrected chi connectivity index (χ1v) is 5.72. The molecule has 2 aromatic heterocycles. The molecule has 5 heteroatoms. The molecule has 0 aliphatic rings. The van der Waals surface area contributed by atoms with E-state index in [4.69, 9.17) is 10.3 Å². The highest BCUT2D eigenvalue weighted by molar-refractivity contribution is 5.26. The van der Waals surface area contributed by atoms with Crippen LogP contribution in [0.25, 0.3) is 0 Å².